The Morgan fingerprint density at radius 1 is 1.06 bits per heavy atom. The number of benzene rings is 2. The molecule has 0 amide bonds. The first-order chi connectivity index (χ1) is 8.69. The van der Waals surface area contributed by atoms with Crippen LogP contribution in [0.5, 0.6) is 5.75 Å². The second-order valence-electron chi connectivity index (χ2n) is 3.80. The summed E-state index contributed by atoms with van der Waals surface area (Å²) in [7, 11) is 0. The monoisotopic (exact) mass is 344 g/mol. The molecule has 2 aromatic rings. The fourth-order valence-corrected chi connectivity index (χ4v) is 2.38. The van der Waals surface area contributed by atoms with Crippen molar-refractivity contribution in [3.63, 3.8) is 0 Å². The molecule has 0 aromatic heterocycles. The van der Waals surface area contributed by atoms with Crippen LogP contribution in [0.2, 0.25) is 5.02 Å². The fraction of sp³-hybridized carbons (Fsp3) is 0.143. The smallest absolute Gasteiger partial charge is 0.119 e. The van der Waals surface area contributed by atoms with Crippen LogP contribution in [0.1, 0.15) is 11.1 Å². The standard InChI is InChI=1S/C14H11BrCl2O/c15-12-4-3-11(14(17)7-12)9-18-13-5-1-10(8-16)2-6-13/h1-7H,8-9H2. The molecule has 0 saturated carbocycles. The molecule has 2 aromatic carbocycles. The summed E-state index contributed by atoms with van der Waals surface area (Å²) in [5.41, 5.74) is 2.03. The fourth-order valence-electron chi connectivity index (χ4n) is 1.47. The molecule has 0 spiro atoms. The van der Waals surface area contributed by atoms with E-state index in [4.69, 9.17) is 27.9 Å². The molecule has 94 valence electrons. The Morgan fingerprint density at radius 2 is 1.78 bits per heavy atom. The van der Waals surface area contributed by atoms with Crippen LogP contribution in [0.25, 0.3) is 0 Å². The van der Waals surface area contributed by atoms with Crippen LogP contribution in [-0.2, 0) is 12.5 Å². The summed E-state index contributed by atoms with van der Waals surface area (Å²) in [4.78, 5) is 0. The van der Waals surface area contributed by atoms with Gasteiger partial charge in [0, 0.05) is 20.9 Å². The van der Waals surface area contributed by atoms with Crippen LogP contribution in [-0.4, -0.2) is 0 Å². The predicted octanol–water partition coefficient (Wildman–Crippen LogP) is 5.42. The molecule has 0 fully saturated rings. The summed E-state index contributed by atoms with van der Waals surface area (Å²) >= 11 is 15.2. The van der Waals surface area contributed by atoms with E-state index < -0.39 is 0 Å². The highest BCUT2D eigenvalue weighted by Gasteiger charge is 2.02. The lowest BCUT2D eigenvalue weighted by Gasteiger charge is -2.08. The molecular formula is C14H11BrCl2O. The molecule has 0 aliphatic carbocycles. The van der Waals surface area contributed by atoms with Gasteiger partial charge in [0.1, 0.15) is 12.4 Å². The normalized spacial score (nSPS) is 10.4. The average Bonchev–Trinajstić information content (AvgIpc) is 2.38. The van der Waals surface area contributed by atoms with E-state index in [1.54, 1.807) is 0 Å². The van der Waals surface area contributed by atoms with Crippen molar-refractivity contribution in [2.45, 2.75) is 12.5 Å². The number of alkyl halides is 1. The SMILES string of the molecule is ClCc1ccc(OCc2ccc(Br)cc2Cl)cc1. The Bertz CT molecular complexity index is 526. The summed E-state index contributed by atoms with van der Waals surface area (Å²) in [5, 5.41) is 0.696. The van der Waals surface area contributed by atoms with E-state index in [-0.39, 0.29) is 0 Å². The van der Waals surface area contributed by atoms with Gasteiger partial charge in [0.2, 0.25) is 0 Å². The van der Waals surface area contributed by atoms with E-state index in [9.17, 15) is 0 Å². The molecule has 2 rings (SSSR count). The lowest BCUT2D eigenvalue weighted by molar-refractivity contribution is 0.306. The van der Waals surface area contributed by atoms with Crippen molar-refractivity contribution in [2.24, 2.45) is 0 Å². The van der Waals surface area contributed by atoms with Gasteiger partial charge in [-0.2, -0.15) is 0 Å². The van der Waals surface area contributed by atoms with Gasteiger partial charge in [0.25, 0.3) is 0 Å². The summed E-state index contributed by atoms with van der Waals surface area (Å²) in [5.74, 6) is 1.32. The van der Waals surface area contributed by atoms with Crippen LogP contribution >= 0.6 is 39.1 Å². The second-order valence-corrected chi connectivity index (χ2v) is 5.39. The maximum atomic E-state index is 6.12. The first-order valence-corrected chi connectivity index (χ1v) is 7.11. The van der Waals surface area contributed by atoms with Crippen LogP contribution in [0.4, 0.5) is 0 Å². The third-order valence-corrected chi connectivity index (χ3v) is 3.64. The first kappa shape index (κ1) is 13.7. The lowest BCUT2D eigenvalue weighted by atomic mass is 10.2. The zero-order valence-electron chi connectivity index (χ0n) is 9.50. The first-order valence-electron chi connectivity index (χ1n) is 5.40. The molecule has 1 nitrogen and oxygen atoms in total. The van der Waals surface area contributed by atoms with Crippen molar-refractivity contribution >= 4 is 39.1 Å². The minimum absolute atomic E-state index is 0.451. The van der Waals surface area contributed by atoms with Crippen LogP contribution < -0.4 is 4.74 Å². The molecule has 0 bridgehead atoms. The number of hydrogen-bond donors (Lipinski definition) is 0. The minimum atomic E-state index is 0.451. The molecule has 0 radical (unpaired) electrons. The summed E-state index contributed by atoms with van der Waals surface area (Å²) < 4.78 is 6.63. The summed E-state index contributed by atoms with van der Waals surface area (Å²) in [6.07, 6.45) is 0. The number of hydrogen-bond acceptors (Lipinski definition) is 1. The molecule has 0 unspecified atom stereocenters. The molecule has 0 N–H and O–H groups in total. The third kappa shape index (κ3) is 3.64. The Balaban J connectivity index is 2.02. The predicted molar refractivity (Wildman–Crippen MR) is 79.5 cm³/mol. The van der Waals surface area contributed by atoms with Gasteiger partial charge in [-0.3, -0.25) is 0 Å². The highest BCUT2D eigenvalue weighted by molar-refractivity contribution is 9.10. The van der Waals surface area contributed by atoms with Crippen LogP contribution in [0.15, 0.2) is 46.9 Å². The van der Waals surface area contributed by atoms with Crippen molar-refractivity contribution in [3.8, 4) is 5.75 Å². The van der Waals surface area contributed by atoms with Gasteiger partial charge in [-0.15, -0.1) is 11.6 Å². The highest BCUT2D eigenvalue weighted by atomic mass is 79.9. The molecule has 18 heavy (non-hydrogen) atoms. The van der Waals surface area contributed by atoms with E-state index in [0.717, 1.165) is 21.3 Å². The Kier molecular flexibility index (Phi) is 4.93. The van der Waals surface area contributed by atoms with Gasteiger partial charge < -0.3 is 4.74 Å². The third-order valence-electron chi connectivity index (χ3n) is 2.49. The van der Waals surface area contributed by atoms with Gasteiger partial charge in [-0.05, 0) is 29.8 Å². The number of halogens is 3. The molecule has 0 aliphatic rings. The van der Waals surface area contributed by atoms with E-state index in [2.05, 4.69) is 15.9 Å². The second kappa shape index (κ2) is 6.46. The quantitative estimate of drug-likeness (QED) is 0.672. The Morgan fingerprint density at radius 3 is 2.39 bits per heavy atom. The molecule has 0 aliphatic heterocycles. The van der Waals surface area contributed by atoms with E-state index in [1.165, 1.54) is 0 Å². The maximum absolute atomic E-state index is 6.12. The van der Waals surface area contributed by atoms with E-state index >= 15 is 0 Å². The van der Waals surface area contributed by atoms with Gasteiger partial charge in [0.05, 0.1) is 0 Å². The molecule has 0 atom stereocenters. The Hall–Kier alpha value is -0.700. The molecule has 0 saturated heterocycles. The van der Waals surface area contributed by atoms with Gasteiger partial charge >= 0.3 is 0 Å². The van der Waals surface area contributed by atoms with E-state index in [1.807, 2.05) is 42.5 Å². The van der Waals surface area contributed by atoms with Crippen molar-refractivity contribution in [1.82, 2.24) is 0 Å². The minimum Gasteiger partial charge on any atom is -0.489 e. The zero-order valence-corrected chi connectivity index (χ0v) is 12.6. The highest BCUT2D eigenvalue weighted by Crippen LogP contribution is 2.23. The number of rotatable bonds is 4. The number of ether oxygens (including phenoxy) is 1. The summed E-state index contributed by atoms with van der Waals surface area (Å²) in [6.45, 7) is 0.451. The van der Waals surface area contributed by atoms with E-state index in [0.29, 0.717) is 17.5 Å². The van der Waals surface area contributed by atoms with Gasteiger partial charge in [0.15, 0.2) is 0 Å². The molecule has 0 heterocycles. The zero-order chi connectivity index (χ0) is 13.0. The average molecular weight is 346 g/mol. The van der Waals surface area contributed by atoms with Gasteiger partial charge in [-0.25, -0.2) is 0 Å². The van der Waals surface area contributed by atoms with Crippen LogP contribution in [0.3, 0.4) is 0 Å². The molecular weight excluding hydrogens is 335 g/mol. The van der Waals surface area contributed by atoms with Crippen molar-refractivity contribution in [2.75, 3.05) is 0 Å². The lowest BCUT2D eigenvalue weighted by Crippen LogP contribution is -1.96. The van der Waals surface area contributed by atoms with Crippen molar-refractivity contribution in [1.29, 1.82) is 0 Å². The van der Waals surface area contributed by atoms with Gasteiger partial charge in [-0.1, -0.05) is 45.7 Å². The van der Waals surface area contributed by atoms with Crippen LogP contribution in [0, 0.1) is 0 Å². The van der Waals surface area contributed by atoms with Crippen molar-refractivity contribution < 1.29 is 4.74 Å². The Labute approximate surface area is 125 Å². The molecule has 4 heteroatoms. The largest absolute Gasteiger partial charge is 0.489 e. The van der Waals surface area contributed by atoms with Crippen molar-refractivity contribution in [3.05, 3.63) is 63.1 Å². The summed E-state index contributed by atoms with van der Waals surface area (Å²) in [6, 6.07) is 13.5. The topological polar surface area (TPSA) is 9.23 Å². The maximum Gasteiger partial charge on any atom is 0.119 e.